The smallest absolute Gasteiger partial charge is 0.307 e. The van der Waals surface area contributed by atoms with Crippen LogP contribution in [0.4, 0.5) is 14.5 Å². The van der Waals surface area contributed by atoms with Crippen LogP contribution < -0.4 is 5.73 Å². The molecule has 1 aromatic heterocycles. The van der Waals surface area contributed by atoms with E-state index in [0.717, 1.165) is 11.3 Å². The van der Waals surface area contributed by atoms with Crippen LogP contribution in [-0.2, 0) is 5.92 Å². The van der Waals surface area contributed by atoms with E-state index in [9.17, 15) is 8.78 Å². The zero-order chi connectivity index (χ0) is 11.8. The number of nitrogens with two attached hydrogens (primary N) is 1. The maximum atomic E-state index is 14.0. The first-order valence-electron chi connectivity index (χ1n) is 4.48. The number of benzene rings is 1. The minimum atomic E-state index is -2.99. The summed E-state index contributed by atoms with van der Waals surface area (Å²) in [5.74, 6) is -2.99. The Morgan fingerprint density at radius 3 is 2.56 bits per heavy atom. The molecule has 0 amide bonds. The molecule has 0 saturated carbocycles. The van der Waals surface area contributed by atoms with Crippen LogP contribution in [0.25, 0.3) is 0 Å². The molecule has 0 radical (unpaired) electrons. The van der Waals surface area contributed by atoms with Gasteiger partial charge >= 0.3 is 5.92 Å². The molecule has 0 saturated heterocycles. The van der Waals surface area contributed by atoms with Crippen molar-refractivity contribution in [3.63, 3.8) is 0 Å². The standard InChI is InChI=1S/C11H8BrF2NS/c12-8-5-10(16-6-8)11(13,14)7-2-1-3-9(15)4-7/h1-6H,15H2. The molecule has 2 aromatic rings. The molecular weight excluding hydrogens is 296 g/mol. The van der Waals surface area contributed by atoms with Crippen molar-refractivity contribution in [3.05, 3.63) is 50.6 Å². The molecule has 16 heavy (non-hydrogen) atoms. The number of hydrogen-bond acceptors (Lipinski definition) is 2. The lowest BCUT2D eigenvalue weighted by molar-refractivity contribution is 0.0470. The van der Waals surface area contributed by atoms with Gasteiger partial charge in [0, 0.05) is 21.1 Å². The summed E-state index contributed by atoms with van der Waals surface area (Å²) in [6.45, 7) is 0. The molecule has 0 aliphatic heterocycles. The SMILES string of the molecule is Nc1cccc(C(F)(F)c2cc(Br)cs2)c1. The monoisotopic (exact) mass is 303 g/mol. The molecule has 0 aliphatic rings. The Hall–Kier alpha value is -0.940. The van der Waals surface area contributed by atoms with Crippen LogP contribution in [-0.4, -0.2) is 0 Å². The Morgan fingerprint density at radius 2 is 2.00 bits per heavy atom. The lowest BCUT2D eigenvalue weighted by Crippen LogP contribution is -2.13. The zero-order valence-corrected chi connectivity index (χ0v) is 10.5. The average molecular weight is 304 g/mol. The van der Waals surface area contributed by atoms with Gasteiger partial charge < -0.3 is 5.73 Å². The molecule has 1 nitrogen and oxygen atoms in total. The fourth-order valence-corrected chi connectivity index (χ4v) is 2.78. The van der Waals surface area contributed by atoms with Crippen molar-refractivity contribution in [2.45, 2.75) is 5.92 Å². The molecule has 0 spiro atoms. The van der Waals surface area contributed by atoms with Gasteiger partial charge in [-0.05, 0) is 34.1 Å². The number of halogens is 3. The highest BCUT2D eigenvalue weighted by atomic mass is 79.9. The van der Waals surface area contributed by atoms with Gasteiger partial charge in [-0.25, -0.2) is 0 Å². The maximum Gasteiger partial charge on any atom is 0.307 e. The molecule has 1 heterocycles. The van der Waals surface area contributed by atoms with Crippen molar-refractivity contribution >= 4 is 33.0 Å². The molecule has 84 valence electrons. The maximum absolute atomic E-state index is 14.0. The van der Waals surface area contributed by atoms with Crippen LogP contribution >= 0.6 is 27.3 Å². The van der Waals surface area contributed by atoms with Crippen molar-refractivity contribution in [1.82, 2.24) is 0 Å². The Labute approximate surface area is 104 Å². The fourth-order valence-electron chi connectivity index (χ4n) is 1.35. The first kappa shape index (κ1) is 11.5. The van der Waals surface area contributed by atoms with Gasteiger partial charge in [-0.3, -0.25) is 0 Å². The van der Waals surface area contributed by atoms with Crippen molar-refractivity contribution in [2.24, 2.45) is 0 Å². The van der Waals surface area contributed by atoms with E-state index < -0.39 is 5.92 Å². The summed E-state index contributed by atoms with van der Waals surface area (Å²) in [7, 11) is 0. The first-order valence-corrected chi connectivity index (χ1v) is 6.16. The summed E-state index contributed by atoms with van der Waals surface area (Å²) in [6, 6.07) is 7.22. The third-order valence-electron chi connectivity index (χ3n) is 2.13. The molecule has 0 atom stereocenters. The van der Waals surface area contributed by atoms with Crippen LogP contribution in [0.1, 0.15) is 10.4 Å². The Bertz CT molecular complexity index is 510. The van der Waals surface area contributed by atoms with Gasteiger partial charge in [0.2, 0.25) is 0 Å². The van der Waals surface area contributed by atoms with E-state index in [4.69, 9.17) is 5.73 Å². The third kappa shape index (κ3) is 2.10. The molecule has 2 N–H and O–H groups in total. The largest absolute Gasteiger partial charge is 0.399 e. The van der Waals surface area contributed by atoms with Crippen molar-refractivity contribution in [1.29, 1.82) is 0 Å². The Balaban J connectivity index is 2.46. The number of thiophene rings is 1. The minimum Gasteiger partial charge on any atom is -0.399 e. The number of alkyl halides is 2. The summed E-state index contributed by atoms with van der Waals surface area (Å²) in [5.41, 5.74) is 5.76. The van der Waals surface area contributed by atoms with Gasteiger partial charge in [0.05, 0.1) is 4.88 Å². The molecule has 2 rings (SSSR count). The molecule has 5 heteroatoms. The van der Waals surface area contributed by atoms with Gasteiger partial charge in [-0.1, -0.05) is 12.1 Å². The number of nitrogen functional groups attached to an aromatic ring is 1. The first-order chi connectivity index (χ1) is 7.50. The predicted molar refractivity (Wildman–Crippen MR) is 65.9 cm³/mol. The highest BCUT2D eigenvalue weighted by Crippen LogP contribution is 2.40. The molecule has 0 fully saturated rings. The summed E-state index contributed by atoms with van der Waals surface area (Å²) < 4.78 is 28.7. The summed E-state index contributed by atoms with van der Waals surface area (Å²) >= 11 is 4.18. The molecule has 0 bridgehead atoms. The average Bonchev–Trinajstić information content (AvgIpc) is 2.65. The normalized spacial score (nSPS) is 11.7. The fraction of sp³-hybridized carbons (Fsp3) is 0.0909. The van der Waals surface area contributed by atoms with Gasteiger partial charge in [0.25, 0.3) is 0 Å². The third-order valence-corrected chi connectivity index (χ3v) is 3.89. The van der Waals surface area contributed by atoms with E-state index in [2.05, 4.69) is 15.9 Å². The summed E-state index contributed by atoms with van der Waals surface area (Å²) in [6.07, 6.45) is 0. The van der Waals surface area contributed by atoms with Gasteiger partial charge in [0.15, 0.2) is 0 Å². The predicted octanol–water partition coefficient (Wildman–Crippen LogP) is 4.23. The van der Waals surface area contributed by atoms with Gasteiger partial charge in [-0.2, -0.15) is 8.78 Å². The Morgan fingerprint density at radius 1 is 1.25 bits per heavy atom. The van der Waals surface area contributed by atoms with Gasteiger partial charge in [0.1, 0.15) is 0 Å². The van der Waals surface area contributed by atoms with E-state index in [1.165, 1.54) is 24.3 Å². The number of hydrogen-bond donors (Lipinski definition) is 1. The zero-order valence-electron chi connectivity index (χ0n) is 8.08. The van der Waals surface area contributed by atoms with Crippen LogP contribution in [0.5, 0.6) is 0 Å². The second-order valence-corrected chi connectivity index (χ2v) is 5.16. The number of rotatable bonds is 2. The highest BCUT2D eigenvalue weighted by Gasteiger charge is 2.35. The van der Waals surface area contributed by atoms with E-state index >= 15 is 0 Å². The second kappa shape index (κ2) is 4.14. The van der Waals surface area contributed by atoms with E-state index in [0.29, 0.717) is 10.2 Å². The van der Waals surface area contributed by atoms with Gasteiger partial charge in [-0.15, -0.1) is 11.3 Å². The summed E-state index contributed by atoms with van der Waals surface area (Å²) in [5, 5.41) is 1.63. The Kier molecular flexibility index (Phi) is 2.99. The van der Waals surface area contributed by atoms with Crippen molar-refractivity contribution in [3.8, 4) is 0 Å². The topological polar surface area (TPSA) is 26.0 Å². The van der Waals surface area contributed by atoms with Crippen molar-refractivity contribution in [2.75, 3.05) is 5.73 Å². The van der Waals surface area contributed by atoms with E-state index in [1.807, 2.05) is 0 Å². The highest BCUT2D eigenvalue weighted by molar-refractivity contribution is 9.10. The van der Waals surface area contributed by atoms with E-state index in [1.54, 1.807) is 11.4 Å². The lowest BCUT2D eigenvalue weighted by atomic mass is 10.1. The molecular formula is C11H8BrF2NS. The molecule has 0 aliphatic carbocycles. The van der Waals surface area contributed by atoms with Crippen LogP contribution in [0, 0.1) is 0 Å². The lowest BCUT2D eigenvalue weighted by Gasteiger charge is -2.15. The van der Waals surface area contributed by atoms with Crippen LogP contribution in [0.3, 0.4) is 0 Å². The quantitative estimate of drug-likeness (QED) is 0.825. The van der Waals surface area contributed by atoms with Crippen LogP contribution in [0.2, 0.25) is 0 Å². The van der Waals surface area contributed by atoms with Crippen LogP contribution in [0.15, 0.2) is 40.2 Å². The second-order valence-electron chi connectivity index (χ2n) is 3.33. The van der Waals surface area contributed by atoms with Crippen molar-refractivity contribution < 1.29 is 8.78 Å². The van der Waals surface area contributed by atoms with E-state index in [-0.39, 0.29) is 10.4 Å². The molecule has 1 aromatic carbocycles. The number of anilines is 1. The summed E-state index contributed by atoms with van der Waals surface area (Å²) in [4.78, 5) is 0.00461. The minimum absolute atomic E-state index is 0.00461. The molecule has 0 unspecified atom stereocenters.